The van der Waals surface area contributed by atoms with Crippen molar-refractivity contribution in [1.82, 2.24) is 5.43 Å². The van der Waals surface area contributed by atoms with Crippen molar-refractivity contribution in [1.29, 1.82) is 0 Å². The number of thiophene rings is 1. The number of methoxy groups -OCH3 is 1. The van der Waals surface area contributed by atoms with Gasteiger partial charge in [0.1, 0.15) is 22.1 Å². The van der Waals surface area contributed by atoms with Gasteiger partial charge < -0.3 is 14.2 Å². The molecule has 0 spiro atoms. The fourth-order valence-electron chi connectivity index (χ4n) is 3.24. The largest absolute Gasteiger partial charge is 0.497 e. The van der Waals surface area contributed by atoms with Gasteiger partial charge in [0.2, 0.25) is 0 Å². The fraction of sp³-hybridized carbons (Fsp3) is 0.115. The van der Waals surface area contributed by atoms with Crippen LogP contribution in [-0.4, -0.2) is 31.8 Å². The maximum atomic E-state index is 12.7. The lowest BCUT2D eigenvalue weighted by molar-refractivity contribution is 0.0739. The van der Waals surface area contributed by atoms with E-state index in [0.717, 1.165) is 10.1 Å². The summed E-state index contributed by atoms with van der Waals surface area (Å²) in [4.78, 5) is 25.4. The van der Waals surface area contributed by atoms with Crippen LogP contribution in [0.4, 0.5) is 0 Å². The zero-order valence-corrected chi connectivity index (χ0v) is 20.5. The number of fused-ring (bicyclic) bond motifs is 1. The van der Waals surface area contributed by atoms with Gasteiger partial charge in [0.15, 0.2) is 0 Å². The van der Waals surface area contributed by atoms with Gasteiger partial charge in [-0.15, -0.1) is 11.3 Å². The van der Waals surface area contributed by atoms with Gasteiger partial charge >= 0.3 is 5.97 Å². The Kier molecular flexibility index (Phi) is 7.64. The molecule has 9 heteroatoms. The molecule has 0 aliphatic rings. The summed E-state index contributed by atoms with van der Waals surface area (Å²) in [5.41, 5.74) is 3.58. The van der Waals surface area contributed by atoms with Gasteiger partial charge in [-0.1, -0.05) is 23.7 Å². The molecule has 7 nitrogen and oxygen atoms in total. The number of hydrazone groups is 1. The van der Waals surface area contributed by atoms with E-state index in [4.69, 9.17) is 25.8 Å². The number of nitrogens with one attached hydrogen (secondary N) is 1. The molecular formula is C26H21ClN2O5S. The highest BCUT2D eigenvalue weighted by Crippen LogP contribution is 2.37. The van der Waals surface area contributed by atoms with E-state index in [-0.39, 0.29) is 5.91 Å². The zero-order valence-electron chi connectivity index (χ0n) is 18.9. The van der Waals surface area contributed by atoms with Crippen LogP contribution in [0.5, 0.6) is 17.2 Å². The van der Waals surface area contributed by atoms with E-state index in [1.54, 1.807) is 61.7 Å². The molecule has 1 aromatic heterocycles. The topological polar surface area (TPSA) is 86.2 Å². The van der Waals surface area contributed by atoms with Crippen LogP contribution < -0.4 is 19.6 Å². The summed E-state index contributed by atoms with van der Waals surface area (Å²) >= 11 is 7.65. The normalized spacial score (nSPS) is 10.9. The molecule has 0 saturated carbocycles. The van der Waals surface area contributed by atoms with Crippen LogP contribution >= 0.6 is 22.9 Å². The molecule has 1 heterocycles. The first-order valence-corrected chi connectivity index (χ1v) is 11.8. The van der Waals surface area contributed by atoms with Crippen LogP contribution in [0, 0.1) is 0 Å². The molecule has 35 heavy (non-hydrogen) atoms. The third-order valence-electron chi connectivity index (χ3n) is 4.92. The first-order chi connectivity index (χ1) is 17.0. The Balaban J connectivity index is 1.39. The molecule has 0 radical (unpaired) electrons. The SMILES string of the molecule is CCOc1ccccc1C(=O)N/N=C/c1ccc(OC(=O)c2sc3cc(OC)ccc3c2Cl)cc1. The number of benzene rings is 3. The Morgan fingerprint density at radius 3 is 2.54 bits per heavy atom. The number of halogens is 1. The van der Waals surface area contributed by atoms with Crippen LogP contribution in [-0.2, 0) is 0 Å². The summed E-state index contributed by atoms with van der Waals surface area (Å²) in [5, 5.41) is 5.11. The van der Waals surface area contributed by atoms with E-state index in [2.05, 4.69) is 10.5 Å². The first-order valence-electron chi connectivity index (χ1n) is 10.6. The minimum absolute atomic E-state index is 0.315. The number of rotatable bonds is 8. The first kappa shape index (κ1) is 24.3. The molecular weight excluding hydrogens is 488 g/mol. The van der Waals surface area contributed by atoms with E-state index < -0.39 is 5.97 Å². The Hall–Kier alpha value is -3.88. The number of hydrogen-bond donors (Lipinski definition) is 1. The van der Waals surface area contributed by atoms with E-state index >= 15 is 0 Å². The molecule has 0 unspecified atom stereocenters. The summed E-state index contributed by atoms with van der Waals surface area (Å²) in [6.07, 6.45) is 1.49. The van der Waals surface area contributed by atoms with Crippen molar-refractivity contribution in [2.45, 2.75) is 6.92 Å². The summed E-state index contributed by atoms with van der Waals surface area (Å²) < 4.78 is 17.0. The van der Waals surface area contributed by atoms with Gasteiger partial charge in [0, 0.05) is 10.1 Å². The van der Waals surface area contributed by atoms with Crippen LogP contribution in [0.2, 0.25) is 5.02 Å². The summed E-state index contributed by atoms with van der Waals surface area (Å²) in [6.45, 7) is 2.30. The third-order valence-corrected chi connectivity index (χ3v) is 6.56. The van der Waals surface area contributed by atoms with Crippen molar-refractivity contribution < 1.29 is 23.8 Å². The lowest BCUT2D eigenvalue weighted by Crippen LogP contribution is -2.18. The van der Waals surface area contributed by atoms with E-state index in [0.29, 0.717) is 44.9 Å². The fourth-order valence-corrected chi connectivity index (χ4v) is 4.65. The lowest BCUT2D eigenvalue weighted by Gasteiger charge is -2.08. The molecule has 0 atom stereocenters. The maximum absolute atomic E-state index is 12.7. The molecule has 1 N–H and O–H groups in total. The molecule has 1 amide bonds. The number of carbonyl (C=O) groups excluding carboxylic acids is 2. The second-order valence-electron chi connectivity index (χ2n) is 7.19. The predicted octanol–water partition coefficient (Wildman–Crippen LogP) is 5.95. The van der Waals surface area contributed by atoms with Crippen molar-refractivity contribution in [3.05, 3.63) is 87.8 Å². The molecule has 4 rings (SSSR count). The van der Waals surface area contributed by atoms with Crippen LogP contribution in [0.15, 0.2) is 71.8 Å². The second-order valence-corrected chi connectivity index (χ2v) is 8.62. The Morgan fingerprint density at radius 2 is 1.80 bits per heavy atom. The smallest absolute Gasteiger partial charge is 0.355 e. The highest BCUT2D eigenvalue weighted by Gasteiger charge is 2.19. The monoisotopic (exact) mass is 508 g/mol. The number of esters is 1. The summed E-state index contributed by atoms with van der Waals surface area (Å²) in [6, 6.07) is 19.1. The van der Waals surface area contributed by atoms with E-state index in [1.165, 1.54) is 17.6 Å². The third kappa shape index (κ3) is 5.62. The highest BCUT2D eigenvalue weighted by molar-refractivity contribution is 7.21. The number of hydrogen-bond acceptors (Lipinski definition) is 7. The second kappa shape index (κ2) is 11.0. The average Bonchev–Trinajstić information content (AvgIpc) is 3.21. The van der Waals surface area contributed by atoms with Crippen molar-refractivity contribution in [3.63, 3.8) is 0 Å². The van der Waals surface area contributed by atoms with Gasteiger partial charge in [-0.05, 0) is 67.1 Å². The molecule has 0 aliphatic heterocycles. The van der Waals surface area contributed by atoms with Gasteiger partial charge in [-0.2, -0.15) is 5.10 Å². The van der Waals surface area contributed by atoms with Crippen molar-refractivity contribution in [2.24, 2.45) is 5.10 Å². The summed E-state index contributed by atoms with van der Waals surface area (Å²) in [7, 11) is 1.58. The minimum Gasteiger partial charge on any atom is -0.497 e. The number of ether oxygens (including phenoxy) is 3. The average molecular weight is 509 g/mol. The summed E-state index contributed by atoms with van der Waals surface area (Å²) in [5.74, 6) is 0.604. The molecule has 178 valence electrons. The van der Waals surface area contributed by atoms with E-state index in [1.807, 2.05) is 19.1 Å². The standard InChI is InChI=1S/C26H21ClN2O5S/c1-3-33-21-7-5-4-6-19(21)25(30)29-28-15-16-8-10-17(11-9-16)34-26(31)24-23(27)20-13-12-18(32-2)14-22(20)35-24/h4-15H,3H2,1-2H3,(H,29,30)/b28-15+. The minimum atomic E-state index is -0.545. The highest BCUT2D eigenvalue weighted by atomic mass is 35.5. The van der Waals surface area contributed by atoms with Gasteiger partial charge in [0.05, 0.1) is 30.5 Å². The number of para-hydroxylation sites is 1. The predicted molar refractivity (Wildman–Crippen MR) is 137 cm³/mol. The lowest BCUT2D eigenvalue weighted by atomic mass is 10.2. The van der Waals surface area contributed by atoms with Crippen LogP contribution in [0.3, 0.4) is 0 Å². The Morgan fingerprint density at radius 1 is 1.06 bits per heavy atom. The molecule has 0 fully saturated rings. The molecule has 0 bridgehead atoms. The van der Waals surface area contributed by atoms with Crippen molar-refractivity contribution >= 4 is 51.1 Å². The maximum Gasteiger partial charge on any atom is 0.355 e. The Labute approximate surface area is 210 Å². The molecule has 3 aromatic carbocycles. The van der Waals surface area contributed by atoms with Crippen molar-refractivity contribution in [2.75, 3.05) is 13.7 Å². The van der Waals surface area contributed by atoms with Crippen LogP contribution in [0.25, 0.3) is 10.1 Å². The van der Waals surface area contributed by atoms with Crippen molar-refractivity contribution in [3.8, 4) is 17.2 Å². The number of nitrogens with zero attached hydrogens (tertiary/aromatic N) is 1. The van der Waals surface area contributed by atoms with E-state index in [9.17, 15) is 9.59 Å². The van der Waals surface area contributed by atoms with Gasteiger partial charge in [-0.3, -0.25) is 4.79 Å². The quantitative estimate of drug-likeness (QED) is 0.138. The number of amides is 1. The number of carbonyl (C=O) groups is 2. The molecule has 0 aliphatic carbocycles. The van der Waals surface area contributed by atoms with Gasteiger partial charge in [0.25, 0.3) is 5.91 Å². The molecule has 0 saturated heterocycles. The molecule has 4 aromatic rings. The Bertz CT molecular complexity index is 1400. The van der Waals surface area contributed by atoms with Gasteiger partial charge in [-0.25, -0.2) is 10.2 Å². The zero-order chi connectivity index (χ0) is 24.8. The van der Waals surface area contributed by atoms with Crippen LogP contribution in [0.1, 0.15) is 32.5 Å².